The van der Waals surface area contributed by atoms with E-state index in [4.69, 9.17) is 9.47 Å². The quantitative estimate of drug-likeness (QED) is 0.652. The Bertz CT molecular complexity index is 1100. The van der Waals surface area contributed by atoms with Crippen LogP contribution in [-0.4, -0.2) is 61.6 Å². The van der Waals surface area contributed by atoms with E-state index in [1.807, 2.05) is 53.0 Å². The standard InChI is InChI=1S/C20H23N7O3.C2H6/c1-20(2,3)30-19(28)26-8-7-13(10-26)14-9-15(18-21-12-22-27(18)11-14)23-16-5-6-17(29-4)25-24-16;1-2/h5-7,9,11-12H,8,10H2,1-4H3,(H,23,24);1-2H3. The zero-order valence-electron chi connectivity index (χ0n) is 19.3. The highest BCUT2D eigenvalue weighted by atomic mass is 16.6. The fraction of sp³-hybridized carbons (Fsp3) is 0.409. The van der Waals surface area contributed by atoms with E-state index in [1.165, 1.54) is 13.4 Å². The van der Waals surface area contributed by atoms with Gasteiger partial charge in [0, 0.05) is 25.4 Å². The van der Waals surface area contributed by atoms with Gasteiger partial charge >= 0.3 is 6.09 Å². The van der Waals surface area contributed by atoms with Gasteiger partial charge in [-0.05, 0) is 44.0 Å². The molecule has 0 bridgehead atoms. The van der Waals surface area contributed by atoms with Gasteiger partial charge in [-0.15, -0.1) is 10.2 Å². The van der Waals surface area contributed by atoms with Gasteiger partial charge in [0.25, 0.3) is 0 Å². The molecular weight excluding hydrogens is 410 g/mol. The van der Waals surface area contributed by atoms with E-state index in [0.29, 0.717) is 30.4 Å². The number of aromatic nitrogens is 5. The van der Waals surface area contributed by atoms with Crippen molar-refractivity contribution in [3.63, 3.8) is 0 Å². The van der Waals surface area contributed by atoms with Crippen LogP contribution in [0.1, 0.15) is 40.2 Å². The minimum absolute atomic E-state index is 0.331. The maximum atomic E-state index is 12.4. The van der Waals surface area contributed by atoms with Gasteiger partial charge < -0.3 is 19.7 Å². The maximum absolute atomic E-state index is 12.4. The average molecular weight is 440 g/mol. The molecule has 0 radical (unpaired) electrons. The summed E-state index contributed by atoms with van der Waals surface area (Å²) < 4.78 is 12.2. The molecule has 10 heteroatoms. The molecular formula is C22H29N7O3. The lowest BCUT2D eigenvalue weighted by Gasteiger charge is -2.24. The summed E-state index contributed by atoms with van der Waals surface area (Å²) in [5.41, 5.74) is 2.76. The second-order valence-electron chi connectivity index (χ2n) is 7.85. The van der Waals surface area contributed by atoms with Crippen LogP contribution >= 0.6 is 0 Å². The minimum atomic E-state index is -0.532. The molecule has 0 unspecified atom stereocenters. The topological polar surface area (TPSA) is 107 Å². The fourth-order valence-corrected chi connectivity index (χ4v) is 3.06. The van der Waals surface area contributed by atoms with Crippen LogP contribution in [-0.2, 0) is 4.74 Å². The van der Waals surface area contributed by atoms with Crippen molar-refractivity contribution in [2.45, 2.75) is 40.2 Å². The van der Waals surface area contributed by atoms with Crippen LogP contribution in [0.5, 0.6) is 5.88 Å². The lowest BCUT2D eigenvalue weighted by molar-refractivity contribution is 0.0306. The predicted octanol–water partition coefficient (Wildman–Crippen LogP) is 3.93. The molecule has 10 nitrogen and oxygen atoms in total. The van der Waals surface area contributed by atoms with Crippen molar-refractivity contribution in [1.29, 1.82) is 0 Å². The van der Waals surface area contributed by atoms with E-state index < -0.39 is 5.60 Å². The predicted molar refractivity (Wildman–Crippen MR) is 122 cm³/mol. The third-order valence-corrected chi connectivity index (χ3v) is 4.43. The molecule has 0 spiro atoms. The van der Waals surface area contributed by atoms with Crippen molar-refractivity contribution in [2.24, 2.45) is 0 Å². The number of nitrogens with zero attached hydrogens (tertiary/aromatic N) is 6. The summed E-state index contributed by atoms with van der Waals surface area (Å²) in [6.07, 6.45) is 5.05. The maximum Gasteiger partial charge on any atom is 0.410 e. The van der Waals surface area contributed by atoms with Gasteiger partial charge in [0.1, 0.15) is 11.9 Å². The molecule has 1 aliphatic rings. The number of amides is 1. The Hall–Kier alpha value is -3.69. The Morgan fingerprint density at radius 1 is 1.19 bits per heavy atom. The first-order chi connectivity index (χ1) is 15.3. The second kappa shape index (κ2) is 9.63. The summed E-state index contributed by atoms with van der Waals surface area (Å²) >= 11 is 0. The molecule has 0 saturated carbocycles. The van der Waals surface area contributed by atoms with Crippen molar-refractivity contribution in [3.8, 4) is 5.88 Å². The number of anilines is 2. The van der Waals surface area contributed by atoms with Crippen molar-refractivity contribution in [3.05, 3.63) is 42.4 Å². The van der Waals surface area contributed by atoms with Crippen molar-refractivity contribution < 1.29 is 14.3 Å². The molecule has 32 heavy (non-hydrogen) atoms. The number of fused-ring (bicyclic) bond motifs is 1. The number of rotatable bonds is 4. The Morgan fingerprint density at radius 3 is 2.62 bits per heavy atom. The number of carbonyl (C=O) groups excluding carboxylic acids is 1. The van der Waals surface area contributed by atoms with Gasteiger partial charge in [-0.1, -0.05) is 19.9 Å². The Balaban J connectivity index is 0.00000141. The highest BCUT2D eigenvalue weighted by Crippen LogP contribution is 2.28. The SMILES string of the molecule is CC.COc1ccc(Nc2cc(C3=CCN(C(=O)OC(C)(C)C)C3)cn3ncnc23)nn1. The zero-order valence-corrected chi connectivity index (χ0v) is 19.3. The first-order valence-electron chi connectivity index (χ1n) is 10.5. The second-order valence-corrected chi connectivity index (χ2v) is 7.85. The van der Waals surface area contributed by atoms with E-state index in [1.54, 1.807) is 21.5 Å². The summed E-state index contributed by atoms with van der Waals surface area (Å²) in [5, 5.41) is 15.6. The Labute approximate surface area is 187 Å². The Kier molecular flexibility index (Phi) is 6.92. The highest BCUT2D eigenvalue weighted by Gasteiger charge is 2.26. The van der Waals surface area contributed by atoms with Gasteiger partial charge in [-0.25, -0.2) is 14.3 Å². The van der Waals surface area contributed by atoms with Gasteiger partial charge in [-0.2, -0.15) is 5.10 Å². The molecule has 1 aliphatic heterocycles. The first-order valence-corrected chi connectivity index (χ1v) is 10.5. The number of methoxy groups -OCH3 is 1. The van der Waals surface area contributed by atoms with Crippen LogP contribution in [0.2, 0.25) is 0 Å². The zero-order chi connectivity index (χ0) is 23.3. The molecule has 4 heterocycles. The molecule has 0 fully saturated rings. The molecule has 1 N–H and O–H groups in total. The Morgan fingerprint density at radius 2 is 1.97 bits per heavy atom. The first kappa shape index (κ1) is 23.0. The van der Waals surface area contributed by atoms with Gasteiger partial charge in [0.2, 0.25) is 5.88 Å². The van der Waals surface area contributed by atoms with Crippen LogP contribution in [0.3, 0.4) is 0 Å². The molecule has 1 amide bonds. The summed E-state index contributed by atoms with van der Waals surface area (Å²) in [6, 6.07) is 5.45. The normalized spacial score (nSPS) is 13.3. The van der Waals surface area contributed by atoms with Crippen LogP contribution in [0.15, 0.2) is 36.8 Å². The minimum Gasteiger partial charge on any atom is -0.480 e. The van der Waals surface area contributed by atoms with Gasteiger partial charge in [-0.3, -0.25) is 0 Å². The number of hydrogen-bond donors (Lipinski definition) is 1. The van der Waals surface area contributed by atoms with E-state index in [2.05, 4.69) is 25.6 Å². The lowest BCUT2D eigenvalue weighted by Crippen LogP contribution is -2.35. The average Bonchev–Trinajstić information content (AvgIpc) is 3.44. The molecule has 3 aromatic heterocycles. The summed E-state index contributed by atoms with van der Waals surface area (Å²) in [6.45, 7) is 10.5. The molecule has 170 valence electrons. The van der Waals surface area contributed by atoms with Crippen LogP contribution < -0.4 is 10.1 Å². The van der Waals surface area contributed by atoms with E-state index >= 15 is 0 Å². The van der Waals surface area contributed by atoms with E-state index in [0.717, 1.165) is 16.8 Å². The van der Waals surface area contributed by atoms with Crippen LogP contribution in [0.4, 0.5) is 16.3 Å². The number of nitrogens with one attached hydrogen (secondary N) is 1. The van der Waals surface area contributed by atoms with E-state index in [9.17, 15) is 4.79 Å². The molecule has 0 aromatic carbocycles. The molecule has 0 saturated heterocycles. The monoisotopic (exact) mass is 439 g/mol. The molecule has 4 rings (SSSR count). The molecule has 3 aromatic rings. The van der Waals surface area contributed by atoms with Crippen molar-refractivity contribution in [2.75, 3.05) is 25.5 Å². The van der Waals surface area contributed by atoms with Crippen molar-refractivity contribution in [1.82, 2.24) is 29.7 Å². The summed E-state index contributed by atoms with van der Waals surface area (Å²) in [5.74, 6) is 0.980. The van der Waals surface area contributed by atoms with Crippen LogP contribution in [0.25, 0.3) is 11.2 Å². The number of pyridine rings is 1. The summed E-state index contributed by atoms with van der Waals surface area (Å²) in [7, 11) is 1.54. The smallest absolute Gasteiger partial charge is 0.410 e. The summed E-state index contributed by atoms with van der Waals surface area (Å²) in [4.78, 5) is 18.3. The highest BCUT2D eigenvalue weighted by molar-refractivity contribution is 5.81. The fourth-order valence-electron chi connectivity index (χ4n) is 3.06. The molecule has 0 atom stereocenters. The number of ether oxygens (including phenoxy) is 2. The molecule has 0 aliphatic carbocycles. The number of hydrogen-bond acceptors (Lipinski definition) is 8. The third kappa shape index (κ3) is 5.32. The van der Waals surface area contributed by atoms with Gasteiger partial charge in [0.15, 0.2) is 11.5 Å². The number of carbonyl (C=O) groups is 1. The van der Waals surface area contributed by atoms with Crippen molar-refractivity contribution >= 4 is 28.8 Å². The van der Waals surface area contributed by atoms with Crippen LogP contribution in [0, 0.1) is 0 Å². The largest absolute Gasteiger partial charge is 0.480 e. The van der Waals surface area contributed by atoms with Gasteiger partial charge in [0.05, 0.1) is 12.8 Å². The van der Waals surface area contributed by atoms with E-state index in [-0.39, 0.29) is 6.09 Å². The lowest BCUT2D eigenvalue weighted by atomic mass is 10.1. The third-order valence-electron chi connectivity index (χ3n) is 4.43.